The number of nitrogens with one attached hydrogen (secondary N) is 1. The van der Waals surface area contributed by atoms with Crippen LogP contribution in [0.4, 0.5) is 11.4 Å². The Hall–Kier alpha value is -3.22. The summed E-state index contributed by atoms with van der Waals surface area (Å²) >= 11 is 0. The van der Waals surface area contributed by atoms with Crippen molar-refractivity contribution in [2.75, 3.05) is 5.32 Å². The molecule has 128 valence electrons. The maximum atomic E-state index is 11.5. The maximum absolute atomic E-state index is 11.5. The van der Waals surface area contributed by atoms with E-state index in [9.17, 15) is 10.1 Å². The monoisotopic (exact) mass is 338 g/mol. The van der Waals surface area contributed by atoms with Gasteiger partial charge < -0.3 is 9.84 Å². The van der Waals surface area contributed by atoms with Crippen LogP contribution in [-0.4, -0.2) is 15.1 Å². The largest absolute Gasteiger partial charge is 0.373 e. The predicted molar refractivity (Wildman–Crippen MR) is 94.2 cm³/mol. The molecule has 0 bridgehead atoms. The highest BCUT2D eigenvalue weighted by atomic mass is 16.6. The zero-order valence-electron chi connectivity index (χ0n) is 14.0. The molecule has 0 aliphatic heterocycles. The highest BCUT2D eigenvalue weighted by Gasteiger charge is 2.19. The van der Waals surface area contributed by atoms with Crippen LogP contribution < -0.4 is 5.32 Å². The van der Waals surface area contributed by atoms with Gasteiger partial charge in [0, 0.05) is 24.1 Å². The van der Waals surface area contributed by atoms with E-state index in [1.807, 2.05) is 44.2 Å². The minimum absolute atomic E-state index is 0.0310. The third-order valence-electron chi connectivity index (χ3n) is 3.90. The first-order chi connectivity index (χ1) is 12.1. The molecule has 0 aliphatic rings. The van der Waals surface area contributed by atoms with Crippen LogP contribution in [0, 0.1) is 10.1 Å². The first kappa shape index (κ1) is 16.6. The van der Waals surface area contributed by atoms with Gasteiger partial charge >= 0.3 is 0 Å². The molecule has 1 atom stereocenters. The van der Waals surface area contributed by atoms with E-state index in [4.69, 9.17) is 4.52 Å². The van der Waals surface area contributed by atoms with Crippen molar-refractivity contribution in [2.24, 2.45) is 0 Å². The summed E-state index contributed by atoms with van der Waals surface area (Å²) in [5, 5.41) is 18.5. The minimum Gasteiger partial charge on any atom is -0.373 e. The van der Waals surface area contributed by atoms with E-state index >= 15 is 0 Å². The van der Waals surface area contributed by atoms with Crippen LogP contribution in [-0.2, 0) is 6.42 Å². The van der Waals surface area contributed by atoms with Crippen molar-refractivity contribution in [3.05, 3.63) is 70.0 Å². The smallest absolute Gasteiger partial charge is 0.293 e. The Bertz CT molecular complexity index is 877. The molecule has 0 spiro atoms. The molecular formula is C18H18N4O3. The zero-order chi connectivity index (χ0) is 17.8. The van der Waals surface area contributed by atoms with Crippen LogP contribution in [0.15, 0.2) is 53.1 Å². The third kappa shape index (κ3) is 3.65. The fourth-order valence-electron chi connectivity index (χ4n) is 2.51. The van der Waals surface area contributed by atoms with Crippen LogP contribution >= 0.6 is 0 Å². The Morgan fingerprint density at radius 2 is 2.00 bits per heavy atom. The second-order valence-corrected chi connectivity index (χ2v) is 5.64. The van der Waals surface area contributed by atoms with Gasteiger partial charge in [-0.05, 0) is 24.6 Å². The molecule has 1 aromatic heterocycles. The van der Waals surface area contributed by atoms with Crippen molar-refractivity contribution in [3.8, 4) is 11.5 Å². The van der Waals surface area contributed by atoms with Gasteiger partial charge in [-0.15, -0.1) is 0 Å². The molecule has 0 saturated carbocycles. The van der Waals surface area contributed by atoms with Crippen molar-refractivity contribution in [1.82, 2.24) is 10.1 Å². The number of benzene rings is 2. The van der Waals surface area contributed by atoms with Gasteiger partial charge in [-0.1, -0.05) is 42.4 Å². The molecule has 2 aromatic carbocycles. The van der Waals surface area contributed by atoms with Crippen molar-refractivity contribution in [1.29, 1.82) is 0 Å². The number of nitrogens with zero attached hydrogens (tertiary/aromatic N) is 3. The quantitative estimate of drug-likeness (QED) is 0.529. The first-order valence-corrected chi connectivity index (χ1v) is 8.01. The molecule has 1 N–H and O–H groups in total. The van der Waals surface area contributed by atoms with E-state index in [-0.39, 0.29) is 17.6 Å². The first-order valence-electron chi connectivity index (χ1n) is 8.01. The van der Waals surface area contributed by atoms with Crippen LogP contribution in [0.3, 0.4) is 0 Å². The van der Waals surface area contributed by atoms with Gasteiger partial charge in [0.15, 0.2) is 5.82 Å². The minimum atomic E-state index is -0.416. The van der Waals surface area contributed by atoms with Crippen LogP contribution in [0.2, 0.25) is 0 Å². The number of nitro benzene ring substituents is 1. The van der Waals surface area contributed by atoms with Gasteiger partial charge in [0.25, 0.3) is 11.6 Å². The number of nitro groups is 1. The summed E-state index contributed by atoms with van der Waals surface area (Å²) in [7, 11) is 0. The lowest BCUT2D eigenvalue weighted by molar-refractivity contribution is -0.383. The number of aryl methyl sites for hydroxylation is 1. The van der Waals surface area contributed by atoms with Crippen LogP contribution in [0.1, 0.15) is 31.3 Å². The summed E-state index contributed by atoms with van der Waals surface area (Å²) in [4.78, 5) is 15.3. The summed E-state index contributed by atoms with van der Waals surface area (Å²) in [6.07, 6.45) is 0.639. The van der Waals surface area contributed by atoms with E-state index in [2.05, 4.69) is 15.5 Å². The van der Waals surface area contributed by atoms with Crippen molar-refractivity contribution in [2.45, 2.75) is 26.3 Å². The van der Waals surface area contributed by atoms with E-state index in [1.54, 1.807) is 12.1 Å². The van der Waals surface area contributed by atoms with Crippen LogP contribution in [0.25, 0.3) is 11.5 Å². The number of hydrogen-bond acceptors (Lipinski definition) is 6. The van der Waals surface area contributed by atoms with Crippen molar-refractivity contribution < 1.29 is 9.45 Å². The lowest BCUT2D eigenvalue weighted by atomic mass is 10.1. The Balaban J connectivity index is 1.90. The Morgan fingerprint density at radius 3 is 2.64 bits per heavy atom. The number of hydrogen-bond donors (Lipinski definition) is 1. The van der Waals surface area contributed by atoms with E-state index in [1.165, 1.54) is 6.07 Å². The molecule has 7 nitrogen and oxygen atoms in total. The molecule has 3 aromatic rings. The van der Waals surface area contributed by atoms with E-state index < -0.39 is 4.92 Å². The molecular weight excluding hydrogens is 320 g/mol. The normalized spacial score (nSPS) is 11.9. The Morgan fingerprint density at radius 1 is 1.24 bits per heavy atom. The number of aromatic nitrogens is 2. The number of anilines is 1. The molecule has 0 radical (unpaired) electrons. The predicted octanol–water partition coefficient (Wildman–Crippen LogP) is 4.38. The molecule has 0 fully saturated rings. The number of rotatable bonds is 6. The molecule has 1 unspecified atom stereocenters. The van der Waals surface area contributed by atoms with Gasteiger partial charge in [0.05, 0.1) is 4.92 Å². The fraction of sp³-hybridized carbons (Fsp3) is 0.222. The van der Waals surface area contributed by atoms with E-state index in [0.29, 0.717) is 23.5 Å². The van der Waals surface area contributed by atoms with Gasteiger partial charge in [-0.2, -0.15) is 4.98 Å². The second kappa shape index (κ2) is 7.12. The highest BCUT2D eigenvalue weighted by molar-refractivity contribution is 5.70. The average Bonchev–Trinajstić information content (AvgIpc) is 3.11. The topological polar surface area (TPSA) is 94.1 Å². The molecule has 0 saturated heterocycles. The van der Waals surface area contributed by atoms with Gasteiger partial charge in [-0.25, -0.2) is 0 Å². The molecule has 0 amide bonds. The van der Waals surface area contributed by atoms with Gasteiger partial charge in [0.2, 0.25) is 0 Å². The second-order valence-electron chi connectivity index (χ2n) is 5.64. The van der Waals surface area contributed by atoms with Crippen molar-refractivity contribution in [3.63, 3.8) is 0 Å². The van der Waals surface area contributed by atoms with Crippen LogP contribution in [0.5, 0.6) is 0 Å². The SMILES string of the molecule is CCc1noc(-c2ccc(NC(C)c3ccccc3)c([N+](=O)[O-])c2)n1. The zero-order valence-corrected chi connectivity index (χ0v) is 14.0. The van der Waals surface area contributed by atoms with Gasteiger partial charge in [0.1, 0.15) is 5.69 Å². The Kier molecular flexibility index (Phi) is 4.74. The lowest BCUT2D eigenvalue weighted by Crippen LogP contribution is -2.08. The maximum Gasteiger partial charge on any atom is 0.293 e. The lowest BCUT2D eigenvalue weighted by Gasteiger charge is -2.16. The molecule has 1 heterocycles. The van der Waals surface area contributed by atoms with Crippen molar-refractivity contribution >= 4 is 11.4 Å². The fourth-order valence-corrected chi connectivity index (χ4v) is 2.51. The molecule has 25 heavy (non-hydrogen) atoms. The summed E-state index contributed by atoms with van der Waals surface area (Å²) in [6, 6.07) is 14.5. The standard InChI is InChI=1S/C18H18N4O3/c1-3-17-20-18(25-21-17)14-9-10-15(16(11-14)22(23)24)19-12(2)13-7-5-4-6-8-13/h4-12,19H,3H2,1-2H3. The Labute approximate surface area is 144 Å². The summed E-state index contributed by atoms with van der Waals surface area (Å²) < 4.78 is 5.16. The van der Waals surface area contributed by atoms with E-state index in [0.717, 1.165) is 5.56 Å². The molecule has 3 rings (SSSR count). The summed E-state index contributed by atoms with van der Waals surface area (Å²) in [5.74, 6) is 0.847. The average molecular weight is 338 g/mol. The highest BCUT2D eigenvalue weighted by Crippen LogP contribution is 2.32. The van der Waals surface area contributed by atoms with Gasteiger partial charge in [-0.3, -0.25) is 10.1 Å². The summed E-state index contributed by atoms with van der Waals surface area (Å²) in [6.45, 7) is 3.87. The third-order valence-corrected chi connectivity index (χ3v) is 3.90. The molecule has 0 aliphatic carbocycles. The molecule has 7 heteroatoms. The summed E-state index contributed by atoms with van der Waals surface area (Å²) in [5.41, 5.74) is 1.99.